The van der Waals surface area contributed by atoms with Crippen molar-refractivity contribution in [3.05, 3.63) is 23.8 Å². The lowest BCUT2D eigenvalue weighted by atomic mass is 9.82. The lowest BCUT2D eigenvalue weighted by Gasteiger charge is -2.37. The lowest BCUT2D eigenvalue weighted by Crippen LogP contribution is -2.36. The van der Waals surface area contributed by atoms with Gasteiger partial charge in [-0.2, -0.15) is 0 Å². The van der Waals surface area contributed by atoms with Crippen LogP contribution >= 0.6 is 0 Å². The number of anilines is 1. The number of ether oxygens (including phenoxy) is 1. The zero-order valence-electron chi connectivity index (χ0n) is 12.0. The van der Waals surface area contributed by atoms with Crippen molar-refractivity contribution in [1.29, 1.82) is 0 Å². The SMILES string of the molecule is CCCCOc1ccc2c(c1)C(C)CC(C)(C)N2. The van der Waals surface area contributed by atoms with Gasteiger partial charge in [-0.25, -0.2) is 0 Å². The average Bonchev–Trinajstić information content (AvgIpc) is 2.29. The maximum atomic E-state index is 5.79. The molecular formula is C16H25NO. The first-order chi connectivity index (χ1) is 8.52. The van der Waals surface area contributed by atoms with E-state index in [0.717, 1.165) is 18.8 Å². The fraction of sp³-hybridized carbons (Fsp3) is 0.625. The summed E-state index contributed by atoms with van der Waals surface area (Å²) in [5.74, 6) is 1.60. The zero-order valence-corrected chi connectivity index (χ0v) is 12.0. The Morgan fingerprint density at radius 1 is 1.39 bits per heavy atom. The van der Waals surface area contributed by atoms with Crippen molar-refractivity contribution in [2.24, 2.45) is 0 Å². The van der Waals surface area contributed by atoms with Crippen molar-refractivity contribution >= 4 is 5.69 Å². The van der Waals surface area contributed by atoms with Crippen LogP contribution in [0.2, 0.25) is 0 Å². The molecule has 0 saturated heterocycles. The highest BCUT2D eigenvalue weighted by molar-refractivity contribution is 5.59. The Labute approximate surface area is 111 Å². The van der Waals surface area contributed by atoms with Gasteiger partial charge in [0.05, 0.1) is 6.61 Å². The largest absolute Gasteiger partial charge is 0.494 e. The van der Waals surface area contributed by atoms with Gasteiger partial charge in [0.25, 0.3) is 0 Å². The number of fused-ring (bicyclic) bond motifs is 1. The molecule has 2 nitrogen and oxygen atoms in total. The Morgan fingerprint density at radius 2 is 2.17 bits per heavy atom. The molecule has 18 heavy (non-hydrogen) atoms. The van der Waals surface area contributed by atoms with Gasteiger partial charge in [-0.05, 0) is 56.4 Å². The molecule has 0 aliphatic carbocycles. The number of hydrogen-bond donors (Lipinski definition) is 1. The van der Waals surface area contributed by atoms with Crippen LogP contribution in [0.25, 0.3) is 0 Å². The molecule has 1 atom stereocenters. The Kier molecular flexibility index (Phi) is 3.84. The van der Waals surface area contributed by atoms with Crippen molar-refractivity contribution in [2.45, 2.75) is 58.4 Å². The molecular weight excluding hydrogens is 222 g/mol. The highest BCUT2D eigenvalue weighted by atomic mass is 16.5. The first kappa shape index (κ1) is 13.3. The third-order valence-electron chi connectivity index (χ3n) is 3.61. The fourth-order valence-corrected chi connectivity index (χ4v) is 2.78. The number of rotatable bonds is 4. The van der Waals surface area contributed by atoms with Gasteiger partial charge >= 0.3 is 0 Å². The van der Waals surface area contributed by atoms with Crippen LogP contribution in [0.15, 0.2) is 18.2 Å². The molecule has 0 bridgehead atoms. The number of hydrogen-bond acceptors (Lipinski definition) is 2. The molecule has 2 rings (SSSR count). The topological polar surface area (TPSA) is 21.3 Å². The third kappa shape index (κ3) is 2.98. The molecule has 0 fully saturated rings. The standard InChI is InChI=1S/C16H25NO/c1-5-6-9-18-13-7-8-15-14(10-13)12(2)11-16(3,4)17-15/h7-8,10,12,17H,5-6,9,11H2,1-4H3. The quantitative estimate of drug-likeness (QED) is 0.787. The molecule has 0 spiro atoms. The van der Waals surface area contributed by atoms with E-state index < -0.39 is 0 Å². The predicted molar refractivity (Wildman–Crippen MR) is 77.6 cm³/mol. The maximum Gasteiger partial charge on any atom is 0.119 e. The minimum atomic E-state index is 0.191. The molecule has 1 unspecified atom stereocenters. The summed E-state index contributed by atoms with van der Waals surface area (Å²) in [4.78, 5) is 0. The van der Waals surface area contributed by atoms with Crippen LogP contribution < -0.4 is 10.1 Å². The molecule has 1 aromatic rings. The molecule has 0 saturated carbocycles. The van der Waals surface area contributed by atoms with Crippen molar-refractivity contribution in [3.63, 3.8) is 0 Å². The second-order valence-electron chi connectivity index (χ2n) is 6.07. The van der Waals surface area contributed by atoms with Crippen molar-refractivity contribution in [2.75, 3.05) is 11.9 Å². The molecule has 1 heterocycles. The Morgan fingerprint density at radius 3 is 2.89 bits per heavy atom. The van der Waals surface area contributed by atoms with E-state index in [4.69, 9.17) is 4.74 Å². The minimum Gasteiger partial charge on any atom is -0.494 e. The predicted octanol–water partition coefficient (Wildman–Crippen LogP) is 4.56. The summed E-state index contributed by atoms with van der Waals surface area (Å²) >= 11 is 0. The van der Waals surface area contributed by atoms with Crippen LogP contribution in [0.4, 0.5) is 5.69 Å². The third-order valence-corrected chi connectivity index (χ3v) is 3.61. The van der Waals surface area contributed by atoms with Crippen LogP contribution in [0.3, 0.4) is 0 Å². The second kappa shape index (κ2) is 5.21. The number of nitrogens with one attached hydrogen (secondary N) is 1. The molecule has 100 valence electrons. The summed E-state index contributed by atoms with van der Waals surface area (Å²) in [6.45, 7) is 9.83. The first-order valence-electron chi connectivity index (χ1n) is 7.07. The maximum absolute atomic E-state index is 5.79. The normalized spacial score (nSPS) is 21.0. The van der Waals surface area contributed by atoms with E-state index >= 15 is 0 Å². The van der Waals surface area contributed by atoms with Crippen molar-refractivity contribution in [3.8, 4) is 5.75 Å². The van der Waals surface area contributed by atoms with Crippen LogP contribution in [0.5, 0.6) is 5.75 Å². The van der Waals surface area contributed by atoms with E-state index in [1.807, 2.05) is 0 Å². The highest BCUT2D eigenvalue weighted by Gasteiger charge is 2.29. The van der Waals surface area contributed by atoms with Gasteiger partial charge in [0.15, 0.2) is 0 Å². The van der Waals surface area contributed by atoms with E-state index in [0.29, 0.717) is 5.92 Å². The second-order valence-corrected chi connectivity index (χ2v) is 6.07. The van der Waals surface area contributed by atoms with E-state index in [9.17, 15) is 0 Å². The van der Waals surface area contributed by atoms with Gasteiger partial charge in [0.2, 0.25) is 0 Å². The summed E-state index contributed by atoms with van der Waals surface area (Å²) in [7, 11) is 0. The summed E-state index contributed by atoms with van der Waals surface area (Å²) in [6.07, 6.45) is 3.47. The average molecular weight is 247 g/mol. The van der Waals surface area contributed by atoms with E-state index in [1.165, 1.54) is 24.1 Å². The van der Waals surface area contributed by atoms with E-state index in [1.54, 1.807) is 0 Å². The van der Waals surface area contributed by atoms with Gasteiger partial charge in [-0.3, -0.25) is 0 Å². The van der Waals surface area contributed by atoms with Crippen LogP contribution in [0, 0.1) is 0 Å². The van der Waals surface area contributed by atoms with Gasteiger partial charge in [0, 0.05) is 11.2 Å². The van der Waals surface area contributed by atoms with Crippen LogP contribution in [-0.4, -0.2) is 12.1 Å². The number of unbranched alkanes of at least 4 members (excludes halogenated alkanes) is 1. The minimum absolute atomic E-state index is 0.191. The monoisotopic (exact) mass is 247 g/mol. The van der Waals surface area contributed by atoms with E-state index in [2.05, 4.69) is 51.2 Å². The van der Waals surface area contributed by atoms with Crippen molar-refractivity contribution in [1.82, 2.24) is 0 Å². The van der Waals surface area contributed by atoms with Gasteiger partial charge in [-0.1, -0.05) is 20.3 Å². The molecule has 1 aromatic carbocycles. The Hall–Kier alpha value is -1.18. The first-order valence-corrected chi connectivity index (χ1v) is 7.07. The van der Waals surface area contributed by atoms with Crippen LogP contribution in [0.1, 0.15) is 58.4 Å². The molecule has 1 aliphatic rings. The summed E-state index contributed by atoms with van der Waals surface area (Å²) in [6, 6.07) is 6.45. The fourth-order valence-electron chi connectivity index (χ4n) is 2.78. The molecule has 0 radical (unpaired) electrons. The number of benzene rings is 1. The summed E-state index contributed by atoms with van der Waals surface area (Å²) in [5.41, 5.74) is 2.85. The molecule has 1 aliphatic heterocycles. The molecule has 0 aromatic heterocycles. The smallest absolute Gasteiger partial charge is 0.119 e. The van der Waals surface area contributed by atoms with Gasteiger partial charge in [-0.15, -0.1) is 0 Å². The summed E-state index contributed by atoms with van der Waals surface area (Å²) in [5, 5.41) is 3.61. The van der Waals surface area contributed by atoms with Gasteiger partial charge in [0.1, 0.15) is 5.75 Å². The molecule has 1 N–H and O–H groups in total. The Balaban J connectivity index is 2.14. The zero-order chi connectivity index (χ0) is 13.2. The van der Waals surface area contributed by atoms with Gasteiger partial charge < -0.3 is 10.1 Å². The molecule has 2 heteroatoms. The molecule has 0 amide bonds. The lowest BCUT2D eigenvalue weighted by molar-refractivity contribution is 0.308. The highest BCUT2D eigenvalue weighted by Crippen LogP contribution is 2.40. The summed E-state index contributed by atoms with van der Waals surface area (Å²) < 4.78 is 5.79. The van der Waals surface area contributed by atoms with E-state index in [-0.39, 0.29) is 5.54 Å². The Bertz CT molecular complexity index is 412. The van der Waals surface area contributed by atoms with Crippen LogP contribution in [-0.2, 0) is 0 Å². The van der Waals surface area contributed by atoms with Crippen molar-refractivity contribution < 1.29 is 4.74 Å².